The Hall–Kier alpha value is -4.00. The van der Waals surface area contributed by atoms with E-state index in [1.165, 1.54) is 24.3 Å². The molecule has 7 heteroatoms. The fourth-order valence-corrected chi connectivity index (χ4v) is 3.76. The second-order valence-electron chi connectivity index (χ2n) is 7.41. The Bertz CT molecular complexity index is 1270. The van der Waals surface area contributed by atoms with Gasteiger partial charge in [-0.2, -0.15) is 0 Å². The molecule has 0 saturated carbocycles. The van der Waals surface area contributed by atoms with E-state index < -0.39 is 23.7 Å². The number of anilines is 1. The van der Waals surface area contributed by atoms with Gasteiger partial charge in [-0.3, -0.25) is 14.9 Å². The molecule has 1 aliphatic heterocycles. The van der Waals surface area contributed by atoms with Crippen LogP contribution in [0.25, 0.3) is 11.8 Å². The smallest absolute Gasteiger partial charge is 0.318 e. The SMILES string of the molecule is Cc1cccc(-n2c(C)cc(/C=C3\C(=O)NC(=O)N(c4ccccc4F)C3=O)c2C)c1. The first-order valence-electron chi connectivity index (χ1n) is 9.70. The molecule has 31 heavy (non-hydrogen) atoms. The lowest BCUT2D eigenvalue weighted by atomic mass is 10.1. The number of rotatable bonds is 3. The van der Waals surface area contributed by atoms with Gasteiger partial charge in [-0.05, 0) is 68.3 Å². The summed E-state index contributed by atoms with van der Waals surface area (Å²) in [4.78, 5) is 38.4. The number of halogens is 1. The van der Waals surface area contributed by atoms with Crippen molar-refractivity contribution in [2.75, 3.05) is 4.90 Å². The van der Waals surface area contributed by atoms with Gasteiger partial charge in [0.15, 0.2) is 0 Å². The summed E-state index contributed by atoms with van der Waals surface area (Å²) in [5.74, 6) is -2.43. The maximum atomic E-state index is 14.2. The Balaban J connectivity index is 1.79. The van der Waals surface area contributed by atoms with E-state index in [1.807, 2.05) is 55.7 Å². The second-order valence-corrected chi connectivity index (χ2v) is 7.41. The van der Waals surface area contributed by atoms with Gasteiger partial charge >= 0.3 is 6.03 Å². The van der Waals surface area contributed by atoms with E-state index in [4.69, 9.17) is 0 Å². The maximum Gasteiger partial charge on any atom is 0.336 e. The average molecular weight is 417 g/mol. The summed E-state index contributed by atoms with van der Waals surface area (Å²) in [5.41, 5.74) is 4.00. The van der Waals surface area contributed by atoms with Gasteiger partial charge in [0, 0.05) is 17.1 Å². The molecule has 0 unspecified atom stereocenters. The fraction of sp³-hybridized carbons (Fsp3) is 0.125. The summed E-state index contributed by atoms with van der Waals surface area (Å²) in [6.45, 7) is 5.81. The van der Waals surface area contributed by atoms with Crippen molar-refractivity contribution in [3.05, 3.63) is 88.5 Å². The quantitative estimate of drug-likeness (QED) is 0.513. The number of barbiturate groups is 1. The van der Waals surface area contributed by atoms with E-state index >= 15 is 0 Å². The van der Waals surface area contributed by atoms with Crippen molar-refractivity contribution in [1.29, 1.82) is 0 Å². The normalized spacial score (nSPS) is 15.5. The van der Waals surface area contributed by atoms with Crippen LogP contribution in [0.15, 0.2) is 60.2 Å². The zero-order valence-corrected chi connectivity index (χ0v) is 17.3. The van der Waals surface area contributed by atoms with Crippen LogP contribution in [-0.2, 0) is 9.59 Å². The molecule has 0 aliphatic carbocycles. The summed E-state index contributed by atoms with van der Waals surface area (Å²) in [5, 5.41) is 2.12. The zero-order valence-electron chi connectivity index (χ0n) is 17.3. The number of aromatic nitrogens is 1. The third kappa shape index (κ3) is 3.54. The van der Waals surface area contributed by atoms with Gasteiger partial charge in [0.05, 0.1) is 5.69 Å². The molecule has 4 amide bonds. The number of aryl methyl sites for hydroxylation is 2. The molecule has 1 N–H and O–H groups in total. The van der Waals surface area contributed by atoms with Crippen LogP contribution >= 0.6 is 0 Å². The lowest BCUT2D eigenvalue weighted by Crippen LogP contribution is -2.54. The molecule has 0 atom stereocenters. The molecule has 1 aromatic heterocycles. The summed E-state index contributed by atoms with van der Waals surface area (Å²) >= 11 is 0. The molecule has 0 spiro atoms. The number of nitrogens with zero attached hydrogens (tertiary/aromatic N) is 2. The van der Waals surface area contributed by atoms with Crippen LogP contribution in [0.3, 0.4) is 0 Å². The summed E-state index contributed by atoms with van der Waals surface area (Å²) in [6, 6.07) is 14.3. The monoisotopic (exact) mass is 417 g/mol. The predicted octanol–water partition coefficient (Wildman–Crippen LogP) is 4.21. The van der Waals surface area contributed by atoms with Crippen LogP contribution in [0.5, 0.6) is 0 Å². The lowest BCUT2D eigenvalue weighted by Gasteiger charge is -2.26. The third-order valence-electron chi connectivity index (χ3n) is 5.23. The molecule has 0 radical (unpaired) electrons. The topological polar surface area (TPSA) is 71.4 Å². The van der Waals surface area contributed by atoms with Crippen LogP contribution in [0, 0.1) is 26.6 Å². The fourth-order valence-electron chi connectivity index (χ4n) is 3.76. The van der Waals surface area contributed by atoms with Gasteiger partial charge < -0.3 is 4.57 Å². The highest BCUT2D eigenvalue weighted by Gasteiger charge is 2.38. The standard InChI is InChI=1S/C24H20FN3O3/c1-14-7-6-8-18(11-14)27-15(2)12-17(16(27)3)13-19-22(29)26-24(31)28(23(19)30)21-10-5-4-9-20(21)25/h4-13H,1-3H3,(H,26,29,31)/b19-13+. The number of carbonyl (C=O) groups is 3. The average Bonchev–Trinajstić information content (AvgIpc) is 2.99. The highest BCUT2D eigenvalue weighted by atomic mass is 19.1. The molecule has 0 bridgehead atoms. The first-order valence-corrected chi connectivity index (χ1v) is 9.70. The molecule has 1 saturated heterocycles. The van der Waals surface area contributed by atoms with Crippen LogP contribution in [0.1, 0.15) is 22.5 Å². The molecular weight excluding hydrogens is 397 g/mol. The summed E-state index contributed by atoms with van der Waals surface area (Å²) in [7, 11) is 0. The first kappa shape index (κ1) is 20.3. The first-order chi connectivity index (χ1) is 14.8. The van der Waals surface area contributed by atoms with Gasteiger partial charge in [-0.25, -0.2) is 14.1 Å². The zero-order chi connectivity index (χ0) is 22.3. The Morgan fingerprint density at radius 3 is 2.39 bits per heavy atom. The van der Waals surface area contributed by atoms with E-state index in [2.05, 4.69) is 5.32 Å². The highest BCUT2D eigenvalue weighted by molar-refractivity contribution is 6.39. The molecule has 156 valence electrons. The van der Waals surface area contributed by atoms with Gasteiger partial charge in [0.25, 0.3) is 11.8 Å². The molecule has 2 aromatic carbocycles. The van der Waals surface area contributed by atoms with Crippen molar-refractivity contribution in [1.82, 2.24) is 9.88 Å². The Labute approximate surface area is 178 Å². The van der Waals surface area contributed by atoms with E-state index in [0.29, 0.717) is 10.5 Å². The molecule has 6 nitrogen and oxygen atoms in total. The molecule has 3 aromatic rings. The third-order valence-corrected chi connectivity index (χ3v) is 5.23. The highest BCUT2D eigenvalue weighted by Crippen LogP contribution is 2.27. The molecule has 1 fully saturated rings. The summed E-state index contributed by atoms with van der Waals surface area (Å²) < 4.78 is 16.2. The van der Waals surface area contributed by atoms with Crippen LogP contribution in [-0.4, -0.2) is 22.4 Å². The van der Waals surface area contributed by atoms with E-state index in [9.17, 15) is 18.8 Å². The number of amides is 4. The van der Waals surface area contributed by atoms with E-state index in [0.717, 1.165) is 28.7 Å². The van der Waals surface area contributed by atoms with Gasteiger partial charge in [-0.15, -0.1) is 0 Å². The number of nitrogens with one attached hydrogen (secondary N) is 1. The van der Waals surface area contributed by atoms with Crippen molar-refractivity contribution >= 4 is 29.6 Å². The van der Waals surface area contributed by atoms with Crippen molar-refractivity contribution in [2.45, 2.75) is 20.8 Å². The predicted molar refractivity (Wildman–Crippen MR) is 115 cm³/mol. The number of imide groups is 2. The number of para-hydroxylation sites is 1. The van der Waals surface area contributed by atoms with Gasteiger partial charge in [0.2, 0.25) is 0 Å². The van der Waals surface area contributed by atoms with Crippen LogP contribution < -0.4 is 10.2 Å². The van der Waals surface area contributed by atoms with Crippen LogP contribution in [0.4, 0.5) is 14.9 Å². The number of benzene rings is 2. The van der Waals surface area contributed by atoms with Crippen LogP contribution in [0.2, 0.25) is 0 Å². The van der Waals surface area contributed by atoms with Crippen molar-refractivity contribution in [2.24, 2.45) is 0 Å². The minimum atomic E-state index is -0.984. The number of urea groups is 1. The molecule has 2 heterocycles. The van der Waals surface area contributed by atoms with E-state index in [1.54, 1.807) is 0 Å². The van der Waals surface area contributed by atoms with Crippen molar-refractivity contribution in [3.63, 3.8) is 0 Å². The Morgan fingerprint density at radius 1 is 0.935 bits per heavy atom. The molecular formula is C24H20FN3O3. The Kier molecular flexibility index (Phi) is 5.02. The molecule has 4 rings (SSSR count). The minimum Gasteiger partial charge on any atom is -0.318 e. The van der Waals surface area contributed by atoms with Crippen molar-refractivity contribution in [3.8, 4) is 5.69 Å². The maximum absolute atomic E-state index is 14.2. The van der Waals surface area contributed by atoms with E-state index in [-0.39, 0.29) is 11.3 Å². The lowest BCUT2D eigenvalue weighted by molar-refractivity contribution is -0.122. The number of carbonyl (C=O) groups excluding carboxylic acids is 3. The van der Waals surface area contributed by atoms with Crippen molar-refractivity contribution < 1.29 is 18.8 Å². The number of hydrogen-bond donors (Lipinski definition) is 1. The largest absolute Gasteiger partial charge is 0.336 e. The minimum absolute atomic E-state index is 0.214. The second kappa shape index (κ2) is 7.68. The van der Waals surface area contributed by atoms with Gasteiger partial charge in [-0.1, -0.05) is 24.3 Å². The molecule has 1 aliphatic rings. The number of hydrogen-bond acceptors (Lipinski definition) is 3. The summed E-state index contributed by atoms with van der Waals surface area (Å²) in [6.07, 6.45) is 1.44. The Morgan fingerprint density at radius 2 is 1.68 bits per heavy atom. The van der Waals surface area contributed by atoms with Gasteiger partial charge in [0.1, 0.15) is 11.4 Å².